The maximum Gasteiger partial charge on any atom is 0.243 e. The van der Waals surface area contributed by atoms with Crippen LogP contribution in [0.4, 0.5) is 5.69 Å². The number of rotatable bonds is 5. The Bertz CT molecular complexity index is 680. The van der Waals surface area contributed by atoms with Crippen molar-refractivity contribution in [2.75, 3.05) is 12.5 Å². The topological polar surface area (TPSA) is 88.3 Å². The summed E-state index contributed by atoms with van der Waals surface area (Å²) in [7, 11) is -1.98. The highest BCUT2D eigenvalue weighted by Crippen LogP contribution is 2.19. The van der Waals surface area contributed by atoms with E-state index in [0.29, 0.717) is 5.69 Å². The van der Waals surface area contributed by atoms with Crippen molar-refractivity contribution in [2.45, 2.75) is 18.4 Å². The van der Waals surface area contributed by atoms with E-state index in [-0.39, 0.29) is 11.4 Å². The quantitative estimate of drug-likeness (QED) is 0.646. The standard InChI is InChI=1S/C12H16N4O2S2/c1-9-14-11(8-19-9)7-16(2)20(17,18)12-5-3-10(15-13)4-6-12/h3-6,8,15H,7,13H2,1-2H3. The maximum atomic E-state index is 12.4. The van der Waals surface area contributed by atoms with E-state index >= 15 is 0 Å². The SMILES string of the molecule is Cc1nc(CN(C)S(=O)(=O)c2ccc(NN)cc2)cs1. The molecule has 108 valence electrons. The molecular weight excluding hydrogens is 296 g/mol. The molecule has 8 heteroatoms. The number of aromatic nitrogens is 1. The lowest BCUT2D eigenvalue weighted by Crippen LogP contribution is -2.26. The van der Waals surface area contributed by atoms with Gasteiger partial charge in [-0.3, -0.25) is 5.84 Å². The number of nitrogens with two attached hydrogens (primary N) is 1. The van der Waals surface area contributed by atoms with Crippen molar-refractivity contribution < 1.29 is 8.42 Å². The summed E-state index contributed by atoms with van der Waals surface area (Å²) in [6.45, 7) is 2.14. The Morgan fingerprint density at radius 1 is 1.35 bits per heavy atom. The van der Waals surface area contributed by atoms with E-state index < -0.39 is 10.0 Å². The molecule has 0 aliphatic heterocycles. The molecule has 1 aromatic heterocycles. The Morgan fingerprint density at radius 3 is 2.50 bits per heavy atom. The summed E-state index contributed by atoms with van der Waals surface area (Å²) in [6, 6.07) is 6.28. The first-order valence-electron chi connectivity index (χ1n) is 5.87. The van der Waals surface area contributed by atoms with Crippen LogP contribution in [0.1, 0.15) is 10.7 Å². The first-order chi connectivity index (χ1) is 9.43. The highest BCUT2D eigenvalue weighted by molar-refractivity contribution is 7.89. The molecule has 1 aromatic carbocycles. The van der Waals surface area contributed by atoms with Gasteiger partial charge in [-0.05, 0) is 31.2 Å². The number of hydrogen-bond donors (Lipinski definition) is 2. The molecule has 2 rings (SSSR count). The molecule has 0 unspecified atom stereocenters. The minimum Gasteiger partial charge on any atom is -0.324 e. The zero-order valence-corrected chi connectivity index (χ0v) is 12.8. The van der Waals surface area contributed by atoms with E-state index in [0.717, 1.165) is 10.7 Å². The number of sulfonamides is 1. The molecule has 0 radical (unpaired) electrons. The Kier molecular flexibility index (Phi) is 4.39. The zero-order valence-electron chi connectivity index (χ0n) is 11.2. The predicted octanol–water partition coefficient (Wildman–Crippen LogP) is 1.56. The van der Waals surface area contributed by atoms with Gasteiger partial charge in [0.1, 0.15) is 0 Å². The lowest BCUT2D eigenvalue weighted by atomic mass is 10.3. The van der Waals surface area contributed by atoms with Crippen LogP contribution in [-0.2, 0) is 16.6 Å². The van der Waals surface area contributed by atoms with Crippen molar-refractivity contribution in [2.24, 2.45) is 5.84 Å². The first kappa shape index (κ1) is 14.9. The van der Waals surface area contributed by atoms with E-state index in [1.165, 1.54) is 27.8 Å². The number of benzene rings is 1. The van der Waals surface area contributed by atoms with E-state index in [9.17, 15) is 8.42 Å². The van der Waals surface area contributed by atoms with E-state index in [2.05, 4.69) is 10.4 Å². The minimum atomic E-state index is -3.52. The maximum absolute atomic E-state index is 12.4. The molecule has 0 aliphatic carbocycles. The third-order valence-electron chi connectivity index (χ3n) is 2.78. The highest BCUT2D eigenvalue weighted by Gasteiger charge is 2.21. The number of thiazole rings is 1. The Morgan fingerprint density at radius 2 is 2.00 bits per heavy atom. The molecule has 0 saturated carbocycles. The fourth-order valence-electron chi connectivity index (χ4n) is 1.70. The monoisotopic (exact) mass is 312 g/mol. The molecule has 0 bridgehead atoms. The summed E-state index contributed by atoms with van der Waals surface area (Å²) in [5.41, 5.74) is 3.86. The summed E-state index contributed by atoms with van der Waals surface area (Å²) in [6.07, 6.45) is 0. The number of anilines is 1. The van der Waals surface area contributed by atoms with Crippen molar-refractivity contribution in [3.05, 3.63) is 40.3 Å². The van der Waals surface area contributed by atoms with Gasteiger partial charge in [0.05, 0.1) is 22.1 Å². The molecule has 0 fully saturated rings. The van der Waals surface area contributed by atoms with Crippen molar-refractivity contribution in [3.63, 3.8) is 0 Å². The molecule has 0 aliphatic rings. The van der Waals surface area contributed by atoms with Gasteiger partial charge >= 0.3 is 0 Å². The van der Waals surface area contributed by atoms with Crippen LogP contribution in [0.5, 0.6) is 0 Å². The molecular formula is C12H16N4O2S2. The van der Waals surface area contributed by atoms with E-state index in [1.807, 2.05) is 12.3 Å². The summed E-state index contributed by atoms with van der Waals surface area (Å²) in [5, 5.41) is 2.78. The number of aryl methyl sites for hydroxylation is 1. The summed E-state index contributed by atoms with van der Waals surface area (Å²) in [4.78, 5) is 4.50. The summed E-state index contributed by atoms with van der Waals surface area (Å²) in [5.74, 6) is 5.26. The lowest BCUT2D eigenvalue weighted by molar-refractivity contribution is 0.463. The number of nitrogens with one attached hydrogen (secondary N) is 1. The van der Waals surface area contributed by atoms with E-state index in [1.54, 1.807) is 19.2 Å². The van der Waals surface area contributed by atoms with Crippen molar-refractivity contribution >= 4 is 27.0 Å². The molecule has 0 atom stereocenters. The van der Waals surface area contributed by atoms with Crippen LogP contribution < -0.4 is 11.3 Å². The Balaban J connectivity index is 2.19. The molecule has 6 nitrogen and oxygen atoms in total. The largest absolute Gasteiger partial charge is 0.324 e. The van der Waals surface area contributed by atoms with Gasteiger partial charge in [-0.25, -0.2) is 13.4 Å². The average Bonchev–Trinajstić information content (AvgIpc) is 2.84. The van der Waals surface area contributed by atoms with Gasteiger partial charge in [0, 0.05) is 18.1 Å². The average molecular weight is 312 g/mol. The van der Waals surface area contributed by atoms with Crippen LogP contribution in [0.2, 0.25) is 0 Å². The minimum absolute atomic E-state index is 0.228. The number of hydrazine groups is 1. The van der Waals surface area contributed by atoms with Gasteiger partial charge in [0.15, 0.2) is 0 Å². The molecule has 1 heterocycles. The van der Waals surface area contributed by atoms with Gasteiger partial charge < -0.3 is 5.43 Å². The van der Waals surface area contributed by atoms with Gasteiger partial charge in [0.2, 0.25) is 10.0 Å². The van der Waals surface area contributed by atoms with Gasteiger partial charge in [-0.2, -0.15) is 4.31 Å². The Hall–Kier alpha value is -1.48. The van der Waals surface area contributed by atoms with Gasteiger partial charge in [-0.1, -0.05) is 0 Å². The Labute approximate surface area is 122 Å². The lowest BCUT2D eigenvalue weighted by Gasteiger charge is -2.16. The van der Waals surface area contributed by atoms with Crippen molar-refractivity contribution in [1.82, 2.24) is 9.29 Å². The molecule has 0 saturated heterocycles. The van der Waals surface area contributed by atoms with Crippen LogP contribution >= 0.6 is 11.3 Å². The van der Waals surface area contributed by atoms with Crippen LogP contribution in [0.15, 0.2) is 34.5 Å². The molecule has 0 spiro atoms. The smallest absolute Gasteiger partial charge is 0.243 e. The van der Waals surface area contributed by atoms with Crippen molar-refractivity contribution in [1.29, 1.82) is 0 Å². The summed E-state index contributed by atoms with van der Waals surface area (Å²) >= 11 is 1.50. The third-order valence-corrected chi connectivity index (χ3v) is 5.42. The molecule has 0 amide bonds. The van der Waals surface area contributed by atoms with E-state index in [4.69, 9.17) is 5.84 Å². The second-order valence-electron chi connectivity index (χ2n) is 4.29. The normalized spacial score (nSPS) is 11.8. The van der Waals surface area contributed by atoms with Crippen LogP contribution in [0.3, 0.4) is 0 Å². The predicted molar refractivity (Wildman–Crippen MR) is 79.8 cm³/mol. The fraction of sp³-hybridized carbons (Fsp3) is 0.250. The zero-order chi connectivity index (χ0) is 14.8. The molecule has 20 heavy (non-hydrogen) atoms. The fourth-order valence-corrected chi connectivity index (χ4v) is 3.44. The first-order valence-corrected chi connectivity index (χ1v) is 8.19. The highest BCUT2D eigenvalue weighted by atomic mass is 32.2. The summed E-state index contributed by atoms with van der Waals surface area (Å²) < 4.78 is 26.1. The third kappa shape index (κ3) is 3.15. The number of hydrogen-bond acceptors (Lipinski definition) is 6. The number of nitrogens with zero attached hydrogens (tertiary/aromatic N) is 2. The van der Waals surface area contributed by atoms with Crippen LogP contribution in [0, 0.1) is 6.92 Å². The second-order valence-corrected chi connectivity index (χ2v) is 7.39. The van der Waals surface area contributed by atoms with Gasteiger partial charge in [-0.15, -0.1) is 11.3 Å². The van der Waals surface area contributed by atoms with Gasteiger partial charge in [0.25, 0.3) is 0 Å². The molecule has 3 N–H and O–H groups in total. The number of nitrogen functional groups attached to an aromatic ring is 1. The molecule has 2 aromatic rings. The van der Waals surface area contributed by atoms with Crippen molar-refractivity contribution in [3.8, 4) is 0 Å². The second kappa shape index (κ2) is 5.88. The van der Waals surface area contributed by atoms with Crippen LogP contribution in [-0.4, -0.2) is 24.8 Å². The van der Waals surface area contributed by atoms with Crippen LogP contribution in [0.25, 0.3) is 0 Å².